The molecule has 1 aromatic rings. The second kappa shape index (κ2) is 8.39. The maximum Gasteiger partial charge on any atom is 0.416 e. The van der Waals surface area contributed by atoms with Crippen LogP contribution in [0.2, 0.25) is 0 Å². The summed E-state index contributed by atoms with van der Waals surface area (Å²) in [5.74, 6) is 0. The molecule has 1 rings (SSSR count). The Morgan fingerprint density at radius 1 is 1.10 bits per heavy atom. The van der Waals surface area contributed by atoms with Gasteiger partial charge in [-0.3, -0.25) is 0 Å². The molecular formula is C16H25F3N2. The predicted octanol–water partition coefficient (Wildman–Crippen LogP) is 3.92. The first-order valence-corrected chi connectivity index (χ1v) is 7.38. The van der Waals surface area contributed by atoms with E-state index in [1.807, 2.05) is 0 Å². The highest BCUT2D eigenvalue weighted by atomic mass is 19.4. The van der Waals surface area contributed by atoms with E-state index in [1.165, 1.54) is 12.1 Å². The number of benzene rings is 1. The van der Waals surface area contributed by atoms with Gasteiger partial charge in [0.1, 0.15) is 0 Å². The van der Waals surface area contributed by atoms with Gasteiger partial charge in [-0.1, -0.05) is 12.1 Å². The lowest BCUT2D eigenvalue weighted by molar-refractivity contribution is -0.137. The van der Waals surface area contributed by atoms with Crippen molar-refractivity contribution in [2.24, 2.45) is 0 Å². The van der Waals surface area contributed by atoms with Gasteiger partial charge in [0, 0.05) is 12.6 Å². The summed E-state index contributed by atoms with van der Waals surface area (Å²) in [5, 5.41) is 3.26. The molecule has 0 atom stereocenters. The summed E-state index contributed by atoms with van der Waals surface area (Å²) >= 11 is 0. The first-order chi connectivity index (χ1) is 9.80. The summed E-state index contributed by atoms with van der Waals surface area (Å²) in [5.41, 5.74) is 0.283. The van der Waals surface area contributed by atoms with Crippen LogP contribution in [0.4, 0.5) is 13.2 Å². The Morgan fingerprint density at radius 3 is 2.24 bits per heavy atom. The van der Waals surface area contributed by atoms with Crippen molar-refractivity contribution in [3.05, 3.63) is 35.4 Å². The molecule has 0 fully saturated rings. The Balaban J connectivity index is 2.19. The van der Waals surface area contributed by atoms with Crippen LogP contribution in [0.1, 0.15) is 37.8 Å². The summed E-state index contributed by atoms with van der Waals surface area (Å²) < 4.78 is 37.2. The Kier molecular flexibility index (Phi) is 7.18. The van der Waals surface area contributed by atoms with E-state index in [9.17, 15) is 13.2 Å². The molecule has 0 radical (unpaired) electrons. The van der Waals surface area contributed by atoms with E-state index in [1.54, 1.807) is 0 Å². The Morgan fingerprint density at radius 2 is 1.71 bits per heavy atom. The molecule has 0 unspecified atom stereocenters. The van der Waals surface area contributed by atoms with Gasteiger partial charge in [-0.05, 0) is 64.5 Å². The first-order valence-electron chi connectivity index (χ1n) is 7.38. The molecule has 1 aromatic carbocycles. The minimum Gasteiger partial charge on any atom is -0.313 e. The lowest BCUT2D eigenvalue weighted by Crippen LogP contribution is -2.27. The number of halogens is 3. The fraction of sp³-hybridized carbons (Fsp3) is 0.625. The summed E-state index contributed by atoms with van der Waals surface area (Å²) in [4.78, 5) is 2.30. The van der Waals surface area contributed by atoms with Gasteiger partial charge in [-0.15, -0.1) is 0 Å². The van der Waals surface area contributed by atoms with E-state index in [2.05, 4.69) is 31.1 Å². The third kappa shape index (κ3) is 6.96. The smallest absolute Gasteiger partial charge is 0.313 e. The molecule has 0 amide bonds. The van der Waals surface area contributed by atoms with Crippen molar-refractivity contribution in [1.29, 1.82) is 0 Å². The molecule has 1 N–H and O–H groups in total. The molecule has 2 nitrogen and oxygen atoms in total. The highest BCUT2D eigenvalue weighted by Gasteiger charge is 2.29. The Labute approximate surface area is 125 Å². The number of nitrogens with one attached hydrogen (secondary N) is 1. The van der Waals surface area contributed by atoms with E-state index < -0.39 is 11.7 Å². The Hall–Kier alpha value is -1.07. The molecule has 0 aliphatic heterocycles. The minimum absolute atomic E-state index is 0.560. The summed E-state index contributed by atoms with van der Waals surface area (Å²) in [6, 6.07) is 5.89. The zero-order chi connectivity index (χ0) is 15.9. The van der Waals surface area contributed by atoms with E-state index in [0.717, 1.165) is 43.6 Å². The largest absolute Gasteiger partial charge is 0.416 e. The lowest BCUT2D eigenvalue weighted by atomic mass is 10.1. The molecule has 0 heterocycles. The molecule has 0 saturated heterocycles. The van der Waals surface area contributed by atoms with Crippen LogP contribution in [0.5, 0.6) is 0 Å². The van der Waals surface area contributed by atoms with Crippen LogP contribution in [-0.2, 0) is 12.7 Å². The zero-order valence-electron chi connectivity index (χ0n) is 13.0. The molecule has 0 aliphatic rings. The van der Waals surface area contributed by atoms with Crippen LogP contribution >= 0.6 is 0 Å². The van der Waals surface area contributed by atoms with Gasteiger partial charge in [0.05, 0.1) is 5.56 Å². The van der Waals surface area contributed by atoms with Gasteiger partial charge in [-0.25, -0.2) is 0 Å². The van der Waals surface area contributed by atoms with Crippen molar-refractivity contribution >= 4 is 0 Å². The number of unbranched alkanes of at least 4 members (excludes halogenated alkanes) is 1. The maximum absolute atomic E-state index is 12.4. The second-order valence-electron chi connectivity index (χ2n) is 5.65. The number of rotatable bonds is 8. The molecule has 21 heavy (non-hydrogen) atoms. The minimum atomic E-state index is -4.26. The molecule has 0 bridgehead atoms. The first kappa shape index (κ1) is 18.0. The van der Waals surface area contributed by atoms with Crippen molar-refractivity contribution in [1.82, 2.24) is 10.2 Å². The lowest BCUT2D eigenvalue weighted by Gasteiger charge is -2.20. The molecule has 0 spiro atoms. The monoisotopic (exact) mass is 302 g/mol. The van der Waals surface area contributed by atoms with Crippen molar-refractivity contribution < 1.29 is 13.2 Å². The summed E-state index contributed by atoms with van der Waals surface area (Å²) in [6.07, 6.45) is -2.07. The van der Waals surface area contributed by atoms with Crippen molar-refractivity contribution in [3.63, 3.8) is 0 Å². The number of alkyl halides is 3. The van der Waals surface area contributed by atoms with Gasteiger partial charge in [0.2, 0.25) is 0 Å². The van der Waals surface area contributed by atoms with Gasteiger partial charge in [0.15, 0.2) is 0 Å². The topological polar surface area (TPSA) is 15.3 Å². The van der Waals surface area contributed by atoms with Crippen LogP contribution in [0, 0.1) is 0 Å². The average Bonchev–Trinajstić information content (AvgIpc) is 2.41. The van der Waals surface area contributed by atoms with Crippen LogP contribution in [0.15, 0.2) is 24.3 Å². The number of nitrogens with zero attached hydrogens (tertiary/aromatic N) is 1. The molecule has 0 aromatic heterocycles. The van der Waals surface area contributed by atoms with E-state index in [4.69, 9.17) is 0 Å². The summed E-state index contributed by atoms with van der Waals surface area (Å²) in [7, 11) is 2.11. The Bertz CT molecular complexity index is 399. The van der Waals surface area contributed by atoms with Gasteiger partial charge in [0.25, 0.3) is 0 Å². The molecule has 5 heteroatoms. The molecule has 0 saturated carbocycles. The van der Waals surface area contributed by atoms with Crippen LogP contribution in [-0.4, -0.2) is 31.1 Å². The van der Waals surface area contributed by atoms with Crippen LogP contribution in [0.3, 0.4) is 0 Å². The zero-order valence-corrected chi connectivity index (χ0v) is 13.0. The third-order valence-electron chi connectivity index (χ3n) is 3.61. The quantitative estimate of drug-likeness (QED) is 0.732. The van der Waals surface area contributed by atoms with Gasteiger partial charge < -0.3 is 10.2 Å². The summed E-state index contributed by atoms with van der Waals surface area (Å²) in [6.45, 7) is 6.90. The highest BCUT2D eigenvalue weighted by molar-refractivity contribution is 5.24. The number of hydrogen-bond donors (Lipinski definition) is 1. The van der Waals surface area contributed by atoms with E-state index in [-0.39, 0.29) is 0 Å². The fourth-order valence-corrected chi connectivity index (χ4v) is 1.91. The fourth-order valence-electron chi connectivity index (χ4n) is 1.91. The molecular weight excluding hydrogens is 277 g/mol. The van der Waals surface area contributed by atoms with Crippen molar-refractivity contribution in [2.75, 3.05) is 20.1 Å². The normalized spacial score (nSPS) is 12.4. The SMILES string of the molecule is CC(C)N(C)CCCCNCc1ccc(C(F)(F)F)cc1. The highest BCUT2D eigenvalue weighted by Crippen LogP contribution is 2.28. The van der Waals surface area contributed by atoms with Gasteiger partial charge >= 0.3 is 6.18 Å². The van der Waals surface area contributed by atoms with Crippen LogP contribution in [0.25, 0.3) is 0 Å². The van der Waals surface area contributed by atoms with Crippen LogP contribution < -0.4 is 5.32 Å². The van der Waals surface area contributed by atoms with Gasteiger partial charge in [-0.2, -0.15) is 13.2 Å². The number of hydrogen-bond acceptors (Lipinski definition) is 2. The van der Waals surface area contributed by atoms with E-state index >= 15 is 0 Å². The second-order valence-corrected chi connectivity index (χ2v) is 5.65. The van der Waals surface area contributed by atoms with E-state index in [0.29, 0.717) is 12.6 Å². The third-order valence-corrected chi connectivity index (χ3v) is 3.61. The van der Waals surface area contributed by atoms with Crippen molar-refractivity contribution in [3.8, 4) is 0 Å². The predicted molar refractivity (Wildman–Crippen MR) is 80.2 cm³/mol. The molecule has 0 aliphatic carbocycles. The average molecular weight is 302 g/mol. The standard InChI is InChI=1S/C16H25F3N2/c1-13(2)21(3)11-5-4-10-20-12-14-6-8-15(9-7-14)16(17,18)19/h6-9,13,20H,4-5,10-12H2,1-3H3. The van der Waals surface area contributed by atoms with Crippen molar-refractivity contribution in [2.45, 2.75) is 45.5 Å². The maximum atomic E-state index is 12.4. The molecule has 120 valence electrons.